The van der Waals surface area contributed by atoms with Gasteiger partial charge in [0.15, 0.2) is 5.13 Å². The number of nitrogens with one attached hydrogen (secondary N) is 1. The Morgan fingerprint density at radius 3 is 3.00 bits per heavy atom. The lowest BCUT2D eigenvalue weighted by Gasteiger charge is -2.40. The standard InChI is InChI=1S/C16H21ClN2OS/c1-3-16(4-2)10-12(7-8-20-16)18-15-19-13-6-5-11(17)9-14(13)21-15/h5-6,9,12H,3-4,7-8,10H2,1-2H3,(H,18,19). The highest BCUT2D eigenvalue weighted by atomic mass is 35.5. The second-order valence-corrected chi connectivity index (χ2v) is 7.17. The van der Waals surface area contributed by atoms with Gasteiger partial charge < -0.3 is 10.1 Å². The van der Waals surface area contributed by atoms with Crippen molar-refractivity contribution in [3.63, 3.8) is 0 Å². The highest BCUT2D eigenvalue weighted by Crippen LogP contribution is 2.34. The Morgan fingerprint density at radius 1 is 1.43 bits per heavy atom. The molecule has 1 aromatic carbocycles. The van der Waals surface area contributed by atoms with E-state index < -0.39 is 0 Å². The molecule has 1 N–H and O–H groups in total. The molecule has 0 bridgehead atoms. The van der Waals surface area contributed by atoms with Gasteiger partial charge in [-0.15, -0.1) is 0 Å². The SMILES string of the molecule is CCC1(CC)CC(Nc2nc3ccc(Cl)cc3s2)CCO1. The normalized spacial score (nSPS) is 21.6. The molecule has 1 aromatic heterocycles. The minimum atomic E-state index is 0.0376. The van der Waals surface area contributed by atoms with E-state index in [1.54, 1.807) is 11.3 Å². The Bertz CT molecular complexity index is 624. The number of rotatable bonds is 4. The second kappa shape index (κ2) is 6.11. The first-order chi connectivity index (χ1) is 10.1. The number of hydrogen-bond donors (Lipinski definition) is 1. The Morgan fingerprint density at radius 2 is 2.24 bits per heavy atom. The predicted octanol–water partition coefficient (Wildman–Crippen LogP) is 5.10. The monoisotopic (exact) mass is 324 g/mol. The van der Waals surface area contributed by atoms with Crippen molar-refractivity contribution in [1.29, 1.82) is 0 Å². The Hall–Kier alpha value is -0.840. The van der Waals surface area contributed by atoms with Gasteiger partial charge in [0.1, 0.15) is 0 Å². The second-order valence-electron chi connectivity index (χ2n) is 5.70. The summed E-state index contributed by atoms with van der Waals surface area (Å²) in [6.07, 6.45) is 4.23. The van der Waals surface area contributed by atoms with E-state index in [0.29, 0.717) is 6.04 Å². The molecule has 1 unspecified atom stereocenters. The quantitative estimate of drug-likeness (QED) is 0.849. The largest absolute Gasteiger partial charge is 0.375 e. The smallest absolute Gasteiger partial charge is 0.184 e. The number of thiazole rings is 1. The molecule has 114 valence electrons. The molecule has 1 aliphatic heterocycles. The van der Waals surface area contributed by atoms with E-state index in [9.17, 15) is 0 Å². The van der Waals surface area contributed by atoms with Crippen LogP contribution < -0.4 is 5.32 Å². The van der Waals surface area contributed by atoms with Gasteiger partial charge in [0.2, 0.25) is 0 Å². The van der Waals surface area contributed by atoms with Crippen molar-refractivity contribution < 1.29 is 4.74 Å². The zero-order chi connectivity index (χ0) is 14.9. The fraction of sp³-hybridized carbons (Fsp3) is 0.562. The van der Waals surface area contributed by atoms with E-state index in [0.717, 1.165) is 52.7 Å². The maximum Gasteiger partial charge on any atom is 0.184 e. The zero-order valence-corrected chi connectivity index (χ0v) is 14.1. The van der Waals surface area contributed by atoms with Crippen molar-refractivity contribution in [2.45, 2.75) is 51.2 Å². The van der Waals surface area contributed by atoms with Gasteiger partial charge in [-0.2, -0.15) is 0 Å². The number of ether oxygens (including phenoxy) is 1. The molecular formula is C16H21ClN2OS. The van der Waals surface area contributed by atoms with Crippen molar-refractivity contribution in [2.75, 3.05) is 11.9 Å². The van der Waals surface area contributed by atoms with Crippen molar-refractivity contribution in [3.8, 4) is 0 Å². The van der Waals surface area contributed by atoms with Crippen molar-refractivity contribution in [3.05, 3.63) is 23.2 Å². The molecule has 21 heavy (non-hydrogen) atoms. The third kappa shape index (κ3) is 3.17. The number of benzene rings is 1. The number of halogens is 1. The summed E-state index contributed by atoms with van der Waals surface area (Å²) in [5.41, 5.74) is 1.05. The summed E-state index contributed by atoms with van der Waals surface area (Å²) < 4.78 is 7.17. The molecule has 0 spiro atoms. The number of aromatic nitrogens is 1. The number of anilines is 1. The zero-order valence-electron chi connectivity index (χ0n) is 12.5. The highest BCUT2D eigenvalue weighted by molar-refractivity contribution is 7.22. The van der Waals surface area contributed by atoms with Crippen LogP contribution >= 0.6 is 22.9 Å². The average molecular weight is 325 g/mol. The molecular weight excluding hydrogens is 304 g/mol. The van der Waals surface area contributed by atoms with Crippen molar-refractivity contribution >= 4 is 38.3 Å². The van der Waals surface area contributed by atoms with Gasteiger partial charge >= 0.3 is 0 Å². The van der Waals surface area contributed by atoms with Gasteiger partial charge in [0, 0.05) is 17.7 Å². The molecule has 1 saturated heterocycles. The van der Waals surface area contributed by atoms with Crippen LogP contribution in [0, 0.1) is 0 Å². The minimum Gasteiger partial charge on any atom is -0.375 e. The molecule has 2 aromatic rings. The molecule has 2 heterocycles. The average Bonchev–Trinajstić information content (AvgIpc) is 2.88. The summed E-state index contributed by atoms with van der Waals surface area (Å²) in [6.45, 7) is 5.26. The van der Waals surface area contributed by atoms with Crippen molar-refractivity contribution in [2.24, 2.45) is 0 Å². The molecule has 5 heteroatoms. The van der Waals surface area contributed by atoms with Crippen LogP contribution in [-0.4, -0.2) is 23.2 Å². The van der Waals surface area contributed by atoms with Crippen LogP contribution in [0.15, 0.2) is 18.2 Å². The first-order valence-electron chi connectivity index (χ1n) is 7.61. The summed E-state index contributed by atoms with van der Waals surface area (Å²) in [7, 11) is 0. The van der Waals surface area contributed by atoms with Crippen LogP contribution in [0.5, 0.6) is 0 Å². The minimum absolute atomic E-state index is 0.0376. The maximum absolute atomic E-state index is 6.04. The highest BCUT2D eigenvalue weighted by Gasteiger charge is 2.34. The molecule has 1 aliphatic rings. The lowest BCUT2D eigenvalue weighted by atomic mass is 9.86. The fourth-order valence-electron chi connectivity index (χ4n) is 3.03. The molecule has 1 fully saturated rings. The Balaban J connectivity index is 1.75. The van der Waals surface area contributed by atoms with Gasteiger partial charge in [-0.3, -0.25) is 0 Å². The van der Waals surface area contributed by atoms with Gasteiger partial charge in [-0.25, -0.2) is 4.98 Å². The summed E-state index contributed by atoms with van der Waals surface area (Å²) in [6, 6.07) is 6.29. The third-order valence-corrected chi connectivity index (χ3v) is 5.64. The van der Waals surface area contributed by atoms with E-state index in [-0.39, 0.29) is 5.60 Å². The summed E-state index contributed by atoms with van der Waals surface area (Å²) in [5.74, 6) is 0. The Kier molecular flexibility index (Phi) is 4.38. The summed E-state index contributed by atoms with van der Waals surface area (Å²) >= 11 is 7.71. The summed E-state index contributed by atoms with van der Waals surface area (Å²) in [5, 5.41) is 5.35. The van der Waals surface area contributed by atoms with Crippen LogP contribution in [0.1, 0.15) is 39.5 Å². The first kappa shape index (κ1) is 15.1. The van der Waals surface area contributed by atoms with Crippen LogP contribution in [0.4, 0.5) is 5.13 Å². The molecule has 3 nitrogen and oxygen atoms in total. The predicted molar refractivity (Wildman–Crippen MR) is 90.5 cm³/mol. The topological polar surface area (TPSA) is 34.2 Å². The third-order valence-electron chi connectivity index (χ3n) is 4.46. The number of hydrogen-bond acceptors (Lipinski definition) is 4. The number of nitrogens with zero attached hydrogens (tertiary/aromatic N) is 1. The van der Waals surface area contributed by atoms with Crippen LogP contribution in [0.2, 0.25) is 5.02 Å². The van der Waals surface area contributed by atoms with E-state index in [1.165, 1.54) is 0 Å². The van der Waals surface area contributed by atoms with Gasteiger partial charge in [-0.05, 0) is 43.9 Å². The number of fused-ring (bicyclic) bond motifs is 1. The van der Waals surface area contributed by atoms with Gasteiger partial charge in [0.05, 0.1) is 15.8 Å². The lowest BCUT2D eigenvalue weighted by molar-refractivity contribution is -0.0864. The lowest BCUT2D eigenvalue weighted by Crippen LogP contribution is -2.43. The molecule has 1 atom stereocenters. The van der Waals surface area contributed by atoms with E-state index >= 15 is 0 Å². The van der Waals surface area contributed by atoms with Crippen LogP contribution in [-0.2, 0) is 4.74 Å². The Labute approximate surface area is 134 Å². The van der Waals surface area contributed by atoms with Crippen molar-refractivity contribution in [1.82, 2.24) is 4.98 Å². The molecule has 0 aliphatic carbocycles. The molecule has 0 saturated carbocycles. The van der Waals surface area contributed by atoms with Crippen LogP contribution in [0.3, 0.4) is 0 Å². The van der Waals surface area contributed by atoms with Gasteiger partial charge in [-0.1, -0.05) is 36.8 Å². The molecule has 0 radical (unpaired) electrons. The fourth-order valence-corrected chi connectivity index (χ4v) is 4.25. The van der Waals surface area contributed by atoms with E-state index in [4.69, 9.17) is 16.3 Å². The maximum atomic E-state index is 6.04. The molecule has 0 amide bonds. The van der Waals surface area contributed by atoms with E-state index in [2.05, 4.69) is 24.1 Å². The molecule has 3 rings (SSSR count). The van der Waals surface area contributed by atoms with E-state index in [1.807, 2.05) is 18.2 Å². The van der Waals surface area contributed by atoms with Gasteiger partial charge in [0.25, 0.3) is 0 Å². The first-order valence-corrected chi connectivity index (χ1v) is 8.80. The summed E-state index contributed by atoms with van der Waals surface area (Å²) in [4.78, 5) is 4.66. The van der Waals surface area contributed by atoms with Crippen LogP contribution in [0.25, 0.3) is 10.2 Å².